The van der Waals surface area contributed by atoms with Crippen LogP contribution in [0.15, 0.2) is 18.2 Å². The van der Waals surface area contributed by atoms with E-state index in [1.807, 2.05) is 6.07 Å². The molecular weight excluding hydrogens is 258 g/mol. The van der Waals surface area contributed by atoms with E-state index in [1.165, 1.54) is 24.8 Å². The first-order valence-electron chi connectivity index (χ1n) is 7.03. The summed E-state index contributed by atoms with van der Waals surface area (Å²) in [6.07, 6.45) is 4.70. The van der Waals surface area contributed by atoms with Gasteiger partial charge in [-0.15, -0.1) is 12.4 Å². The zero-order chi connectivity index (χ0) is 13.5. The molecule has 1 rings (SSSR count). The van der Waals surface area contributed by atoms with Crippen molar-refractivity contribution in [2.75, 3.05) is 7.11 Å². The molecule has 0 saturated carbocycles. The third kappa shape index (κ3) is 5.42. The summed E-state index contributed by atoms with van der Waals surface area (Å²) >= 11 is 0. The van der Waals surface area contributed by atoms with E-state index in [1.54, 1.807) is 7.11 Å². The molecule has 1 atom stereocenters. The predicted octanol–water partition coefficient (Wildman–Crippen LogP) is 4.82. The highest BCUT2D eigenvalue weighted by Crippen LogP contribution is 2.30. The second-order valence-corrected chi connectivity index (χ2v) is 5.26. The average molecular weight is 286 g/mol. The SMILES string of the molecule is CCCCC[C@@H](N)c1cc(C(C)C)ccc1OC.Cl. The van der Waals surface area contributed by atoms with Crippen LogP contribution in [0.4, 0.5) is 0 Å². The van der Waals surface area contributed by atoms with Gasteiger partial charge in [0, 0.05) is 11.6 Å². The van der Waals surface area contributed by atoms with Crippen LogP contribution in [0.5, 0.6) is 5.75 Å². The van der Waals surface area contributed by atoms with Crippen molar-refractivity contribution < 1.29 is 4.74 Å². The van der Waals surface area contributed by atoms with Crippen molar-refractivity contribution in [3.8, 4) is 5.75 Å². The summed E-state index contributed by atoms with van der Waals surface area (Å²) < 4.78 is 5.43. The lowest BCUT2D eigenvalue weighted by molar-refractivity contribution is 0.403. The zero-order valence-electron chi connectivity index (χ0n) is 12.6. The number of nitrogens with two attached hydrogens (primary N) is 1. The fourth-order valence-corrected chi connectivity index (χ4v) is 2.17. The fourth-order valence-electron chi connectivity index (χ4n) is 2.17. The smallest absolute Gasteiger partial charge is 0.123 e. The van der Waals surface area contributed by atoms with Gasteiger partial charge < -0.3 is 10.5 Å². The predicted molar refractivity (Wildman–Crippen MR) is 85.4 cm³/mol. The Kier molecular flexibility index (Phi) is 8.86. The van der Waals surface area contributed by atoms with Gasteiger partial charge in [0.1, 0.15) is 5.75 Å². The first-order valence-corrected chi connectivity index (χ1v) is 7.03. The van der Waals surface area contributed by atoms with Crippen LogP contribution in [0.1, 0.15) is 69.5 Å². The first kappa shape index (κ1) is 18.3. The van der Waals surface area contributed by atoms with Crippen molar-refractivity contribution in [1.82, 2.24) is 0 Å². The summed E-state index contributed by atoms with van der Waals surface area (Å²) in [7, 11) is 1.71. The molecule has 0 heterocycles. The van der Waals surface area contributed by atoms with Crippen LogP contribution in [-0.2, 0) is 0 Å². The molecule has 3 heteroatoms. The summed E-state index contributed by atoms with van der Waals surface area (Å²) in [6.45, 7) is 6.62. The van der Waals surface area contributed by atoms with Gasteiger partial charge in [-0.1, -0.05) is 52.2 Å². The minimum absolute atomic E-state index is 0. The molecule has 0 fully saturated rings. The Balaban J connectivity index is 0.00000324. The molecule has 0 aliphatic carbocycles. The molecule has 1 aromatic carbocycles. The number of hydrogen-bond acceptors (Lipinski definition) is 2. The molecule has 0 aliphatic heterocycles. The van der Waals surface area contributed by atoms with Gasteiger partial charge in [0.05, 0.1) is 7.11 Å². The molecule has 1 aromatic rings. The summed E-state index contributed by atoms with van der Waals surface area (Å²) in [5.74, 6) is 1.45. The molecule has 0 spiro atoms. The Morgan fingerprint density at radius 1 is 1.21 bits per heavy atom. The largest absolute Gasteiger partial charge is 0.496 e. The minimum atomic E-state index is 0. The maximum Gasteiger partial charge on any atom is 0.123 e. The third-order valence-corrected chi connectivity index (χ3v) is 3.44. The van der Waals surface area contributed by atoms with Gasteiger partial charge >= 0.3 is 0 Å². The van der Waals surface area contributed by atoms with Crippen LogP contribution in [0.25, 0.3) is 0 Å². The third-order valence-electron chi connectivity index (χ3n) is 3.44. The quantitative estimate of drug-likeness (QED) is 0.729. The average Bonchev–Trinajstić information content (AvgIpc) is 2.38. The second kappa shape index (κ2) is 9.22. The molecule has 2 N–H and O–H groups in total. The molecule has 0 aliphatic rings. The maximum atomic E-state index is 6.30. The van der Waals surface area contributed by atoms with Gasteiger partial charge in [-0.2, -0.15) is 0 Å². The summed E-state index contributed by atoms with van der Waals surface area (Å²) in [4.78, 5) is 0. The van der Waals surface area contributed by atoms with Crippen LogP contribution in [0, 0.1) is 0 Å². The van der Waals surface area contributed by atoms with Crippen LogP contribution in [-0.4, -0.2) is 7.11 Å². The molecule has 0 bridgehead atoms. The van der Waals surface area contributed by atoms with Gasteiger partial charge in [-0.3, -0.25) is 0 Å². The number of hydrogen-bond donors (Lipinski definition) is 1. The van der Waals surface area contributed by atoms with Gasteiger partial charge in [0.25, 0.3) is 0 Å². The van der Waals surface area contributed by atoms with Gasteiger partial charge in [-0.25, -0.2) is 0 Å². The highest BCUT2D eigenvalue weighted by atomic mass is 35.5. The van der Waals surface area contributed by atoms with Crippen molar-refractivity contribution in [3.63, 3.8) is 0 Å². The summed E-state index contributed by atoms with van der Waals surface area (Å²) in [6, 6.07) is 6.47. The van der Waals surface area contributed by atoms with E-state index in [0.29, 0.717) is 5.92 Å². The van der Waals surface area contributed by atoms with Crippen molar-refractivity contribution in [3.05, 3.63) is 29.3 Å². The zero-order valence-corrected chi connectivity index (χ0v) is 13.4. The van der Waals surface area contributed by atoms with E-state index in [9.17, 15) is 0 Å². The minimum Gasteiger partial charge on any atom is -0.496 e. The van der Waals surface area contributed by atoms with E-state index < -0.39 is 0 Å². The molecule has 110 valence electrons. The van der Waals surface area contributed by atoms with Crippen molar-refractivity contribution >= 4 is 12.4 Å². The number of unbranched alkanes of at least 4 members (excludes halogenated alkanes) is 2. The van der Waals surface area contributed by atoms with Crippen molar-refractivity contribution in [2.24, 2.45) is 5.73 Å². The molecule has 0 unspecified atom stereocenters. The van der Waals surface area contributed by atoms with E-state index in [2.05, 4.69) is 32.9 Å². The molecule has 19 heavy (non-hydrogen) atoms. The van der Waals surface area contributed by atoms with E-state index in [0.717, 1.165) is 17.7 Å². The van der Waals surface area contributed by atoms with Crippen LogP contribution < -0.4 is 10.5 Å². The Bertz CT molecular complexity index is 366. The lowest BCUT2D eigenvalue weighted by atomic mass is 9.94. The number of rotatable bonds is 7. The van der Waals surface area contributed by atoms with Crippen LogP contribution in [0.3, 0.4) is 0 Å². The molecule has 0 radical (unpaired) electrons. The highest BCUT2D eigenvalue weighted by Gasteiger charge is 2.13. The standard InChI is InChI=1S/C16H27NO.ClH/c1-5-6-7-8-15(17)14-11-13(12(2)3)9-10-16(14)18-4;/h9-12,15H,5-8,17H2,1-4H3;1H/t15-;/m1./s1. The fraction of sp³-hybridized carbons (Fsp3) is 0.625. The van der Waals surface area contributed by atoms with E-state index >= 15 is 0 Å². The van der Waals surface area contributed by atoms with Crippen LogP contribution >= 0.6 is 12.4 Å². The number of ether oxygens (including phenoxy) is 1. The molecular formula is C16H28ClNO. The Morgan fingerprint density at radius 2 is 1.89 bits per heavy atom. The maximum absolute atomic E-state index is 6.30. The lowest BCUT2D eigenvalue weighted by Gasteiger charge is -2.18. The topological polar surface area (TPSA) is 35.2 Å². The Morgan fingerprint density at radius 3 is 2.42 bits per heavy atom. The van der Waals surface area contributed by atoms with Gasteiger partial charge in [-0.05, 0) is 24.0 Å². The van der Waals surface area contributed by atoms with Crippen molar-refractivity contribution in [2.45, 2.75) is 58.4 Å². The van der Waals surface area contributed by atoms with Crippen molar-refractivity contribution in [1.29, 1.82) is 0 Å². The molecule has 2 nitrogen and oxygen atoms in total. The molecule has 0 saturated heterocycles. The summed E-state index contributed by atoms with van der Waals surface area (Å²) in [5, 5.41) is 0. The highest BCUT2D eigenvalue weighted by molar-refractivity contribution is 5.85. The van der Waals surface area contributed by atoms with Gasteiger partial charge in [0.2, 0.25) is 0 Å². The van der Waals surface area contributed by atoms with E-state index in [-0.39, 0.29) is 18.4 Å². The normalized spacial score (nSPS) is 12.1. The number of methoxy groups -OCH3 is 1. The Hall–Kier alpha value is -0.730. The van der Waals surface area contributed by atoms with Gasteiger partial charge in [0.15, 0.2) is 0 Å². The molecule has 0 aromatic heterocycles. The molecule has 0 amide bonds. The van der Waals surface area contributed by atoms with Crippen LogP contribution in [0.2, 0.25) is 0 Å². The monoisotopic (exact) mass is 285 g/mol. The Labute approximate surface area is 124 Å². The lowest BCUT2D eigenvalue weighted by Crippen LogP contribution is -2.12. The second-order valence-electron chi connectivity index (χ2n) is 5.26. The summed E-state index contributed by atoms with van der Waals surface area (Å²) in [5.41, 5.74) is 8.78. The number of halogens is 1. The van der Waals surface area contributed by atoms with E-state index in [4.69, 9.17) is 10.5 Å². The first-order chi connectivity index (χ1) is 8.60. The number of benzene rings is 1.